The van der Waals surface area contributed by atoms with Crippen molar-refractivity contribution in [3.63, 3.8) is 0 Å². The zero-order valence-electron chi connectivity index (χ0n) is 15.1. The van der Waals surface area contributed by atoms with Crippen LogP contribution in [0.2, 0.25) is 10.0 Å². The lowest BCUT2D eigenvalue weighted by Gasteiger charge is -2.15. The van der Waals surface area contributed by atoms with E-state index in [9.17, 15) is 8.42 Å². The lowest BCUT2D eigenvalue weighted by Crippen LogP contribution is -2.27. The van der Waals surface area contributed by atoms with E-state index < -0.39 is 10.0 Å². The Balaban J connectivity index is 0.00000240. The van der Waals surface area contributed by atoms with E-state index in [2.05, 4.69) is 10.3 Å². The molecule has 0 radical (unpaired) electrons. The molecule has 0 atom stereocenters. The summed E-state index contributed by atoms with van der Waals surface area (Å²) in [7, 11) is -3.40. The van der Waals surface area contributed by atoms with E-state index in [4.69, 9.17) is 23.2 Å². The molecule has 5 nitrogen and oxygen atoms in total. The molecule has 3 aromatic rings. The third-order valence-electron chi connectivity index (χ3n) is 4.47. The number of anilines is 2. The quantitative estimate of drug-likeness (QED) is 0.422. The van der Waals surface area contributed by atoms with Crippen LogP contribution in [0.15, 0.2) is 52.7 Å². The van der Waals surface area contributed by atoms with Crippen LogP contribution in [-0.4, -0.2) is 30.8 Å². The Morgan fingerprint density at radius 3 is 2.24 bits per heavy atom. The van der Waals surface area contributed by atoms with Gasteiger partial charge >= 0.3 is 0 Å². The van der Waals surface area contributed by atoms with Crippen molar-refractivity contribution in [1.82, 2.24) is 9.29 Å². The zero-order valence-corrected chi connectivity index (χ0v) is 20.0. The van der Waals surface area contributed by atoms with Gasteiger partial charge in [-0.25, -0.2) is 13.4 Å². The highest BCUT2D eigenvalue weighted by atomic mass is 79.9. The van der Waals surface area contributed by atoms with Crippen LogP contribution in [0, 0.1) is 0 Å². The van der Waals surface area contributed by atoms with Crippen LogP contribution >= 0.6 is 51.5 Å². The van der Waals surface area contributed by atoms with Gasteiger partial charge in [-0.05, 0) is 43.2 Å². The van der Waals surface area contributed by atoms with Gasteiger partial charge in [0.25, 0.3) is 0 Å². The summed E-state index contributed by atoms with van der Waals surface area (Å²) in [6, 6.07) is 12.1. The number of hydrogen-bond donors (Lipinski definition) is 1. The van der Waals surface area contributed by atoms with Crippen LogP contribution in [0.4, 0.5) is 10.8 Å². The number of hydrogen-bond acceptors (Lipinski definition) is 5. The minimum absolute atomic E-state index is 0. The molecule has 1 aromatic heterocycles. The largest absolute Gasteiger partial charge is 0.331 e. The topological polar surface area (TPSA) is 62.3 Å². The normalized spacial score (nSPS) is 14.6. The highest BCUT2D eigenvalue weighted by Crippen LogP contribution is 2.30. The van der Waals surface area contributed by atoms with E-state index in [0.29, 0.717) is 33.2 Å². The van der Waals surface area contributed by atoms with Crippen molar-refractivity contribution in [2.75, 3.05) is 18.4 Å². The number of sulfonamides is 1. The van der Waals surface area contributed by atoms with Crippen LogP contribution in [0.1, 0.15) is 12.8 Å². The Morgan fingerprint density at radius 2 is 1.62 bits per heavy atom. The molecule has 0 spiro atoms. The van der Waals surface area contributed by atoms with Crippen molar-refractivity contribution in [2.45, 2.75) is 17.7 Å². The summed E-state index contributed by atoms with van der Waals surface area (Å²) in [6.45, 7) is 1.19. The fourth-order valence-electron chi connectivity index (χ4n) is 3.09. The molecular formula is C19H18BrCl2N3O2S2. The number of aromatic nitrogens is 1. The van der Waals surface area contributed by atoms with Gasteiger partial charge in [-0.3, -0.25) is 0 Å². The highest BCUT2D eigenvalue weighted by Gasteiger charge is 2.27. The minimum Gasteiger partial charge on any atom is -0.331 e. The first-order valence-corrected chi connectivity index (χ1v) is 11.8. The monoisotopic (exact) mass is 533 g/mol. The smallest absolute Gasteiger partial charge is 0.243 e. The molecule has 1 fully saturated rings. The molecule has 0 saturated carbocycles. The Labute approximate surface area is 194 Å². The van der Waals surface area contributed by atoms with Gasteiger partial charge in [-0.2, -0.15) is 4.31 Å². The third kappa shape index (κ3) is 5.13. The summed E-state index contributed by atoms with van der Waals surface area (Å²) >= 11 is 13.5. The number of nitrogens with zero attached hydrogens (tertiary/aromatic N) is 2. The first-order chi connectivity index (χ1) is 13.4. The number of halogens is 3. The molecule has 1 aliphatic heterocycles. The van der Waals surface area contributed by atoms with Gasteiger partial charge < -0.3 is 5.32 Å². The molecule has 0 amide bonds. The van der Waals surface area contributed by atoms with Crippen LogP contribution in [0.25, 0.3) is 11.3 Å². The Hall–Kier alpha value is -1.16. The number of rotatable bonds is 5. The number of thiazole rings is 1. The number of nitrogens with one attached hydrogen (secondary N) is 1. The first-order valence-electron chi connectivity index (χ1n) is 8.71. The number of benzene rings is 2. The molecule has 29 heavy (non-hydrogen) atoms. The SMILES string of the molecule is Br.O=S(=O)(c1ccc(-c2csc(Nc3cc(Cl)cc(Cl)c3)n2)cc1)N1CCCC1. The first kappa shape index (κ1) is 22.5. The molecule has 2 aromatic carbocycles. The van der Waals surface area contributed by atoms with E-state index in [0.717, 1.165) is 29.8 Å². The highest BCUT2D eigenvalue weighted by molar-refractivity contribution is 8.93. The predicted octanol–water partition coefficient (Wildman–Crippen LogP) is 6.22. The molecule has 154 valence electrons. The molecule has 4 rings (SSSR count). The van der Waals surface area contributed by atoms with Crippen LogP contribution in [0.3, 0.4) is 0 Å². The molecular weight excluding hydrogens is 517 g/mol. The van der Waals surface area contributed by atoms with E-state index in [-0.39, 0.29) is 17.0 Å². The molecule has 2 heterocycles. The summed E-state index contributed by atoms with van der Waals surface area (Å²) in [4.78, 5) is 4.89. The minimum atomic E-state index is -3.40. The van der Waals surface area contributed by atoms with E-state index in [1.165, 1.54) is 11.3 Å². The van der Waals surface area contributed by atoms with Crippen LogP contribution in [-0.2, 0) is 10.0 Å². The summed E-state index contributed by atoms with van der Waals surface area (Å²) in [6.07, 6.45) is 1.84. The van der Waals surface area contributed by atoms with Gasteiger partial charge in [-0.15, -0.1) is 28.3 Å². The van der Waals surface area contributed by atoms with Gasteiger partial charge in [0.15, 0.2) is 5.13 Å². The third-order valence-corrected chi connectivity index (χ3v) is 7.58. The molecule has 1 saturated heterocycles. The summed E-state index contributed by atoms with van der Waals surface area (Å²) < 4.78 is 26.8. The molecule has 1 aliphatic rings. The van der Waals surface area contributed by atoms with Crippen molar-refractivity contribution >= 4 is 72.4 Å². The molecule has 10 heteroatoms. The maximum absolute atomic E-state index is 12.6. The second kappa shape index (κ2) is 9.32. The maximum atomic E-state index is 12.6. The zero-order chi connectivity index (χ0) is 19.7. The fourth-order valence-corrected chi connectivity index (χ4v) is 5.87. The fraction of sp³-hybridized carbons (Fsp3) is 0.211. The van der Waals surface area contributed by atoms with Crippen LogP contribution < -0.4 is 5.32 Å². The molecule has 0 unspecified atom stereocenters. The van der Waals surface area contributed by atoms with Crippen molar-refractivity contribution in [1.29, 1.82) is 0 Å². The Bertz CT molecular complexity index is 1080. The van der Waals surface area contributed by atoms with Crippen molar-refractivity contribution in [3.8, 4) is 11.3 Å². The molecule has 1 N–H and O–H groups in total. The van der Waals surface area contributed by atoms with E-state index >= 15 is 0 Å². The second-order valence-electron chi connectivity index (χ2n) is 6.46. The summed E-state index contributed by atoms with van der Waals surface area (Å²) in [5.74, 6) is 0. The molecule has 0 bridgehead atoms. The predicted molar refractivity (Wildman–Crippen MR) is 126 cm³/mol. The van der Waals surface area contributed by atoms with Gasteiger partial charge in [0.2, 0.25) is 10.0 Å². The summed E-state index contributed by atoms with van der Waals surface area (Å²) in [5, 5.41) is 6.88. The average molecular weight is 535 g/mol. The Kier molecular flexibility index (Phi) is 7.24. The molecule has 0 aliphatic carbocycles. The van der Waals surface area contributed by atoms with Crippen LogP contribution in [0.5, 0.6) is 0 Å². The van der Waals surface area contributed by atoms with Crippen molar-refractivity contribution in [2.24, 2.45) is 0 Å². The maximum Gasteiger partial charge on any atom is 0.243 e. The second-order valence-corrected chi connectivity index (χ2v) is 10.1. The lowest BCUT2D eigenvalue weighted by atomic mass is 10.2. The standard InChI is InChI=1S/C19H17Cl2N3O2S2.BrH/c20-14-9-15(21)11-16(10-14)22-19-23-18(12-27-19)13-3-5-17(6-4-13)28(25,26)24-7-1-2-8-24;/h3-6,9-12H,1-2,7-8H2,(H,22,23);1H. The van der Waals surface area contributed by atoms with E-state index in [1.54, 1.807) is 46.8 Å². The van der Waals surface area contributed by atoms with Gasteiger partial charge in [0, 0.05) is 39.8 Å². The van der Waals surface area contributed by atoms with Crippen molar-refractivity contribution < 1.29 is 8.42 Å². The lowest BCUT2D eigenvalue weighted by molar-refractivity contribution is 0.477. The average Bonchev–Trinajstić information content (AvgIpc) is 3.33. The summed E-state index contributed by atoms with van der Waals surface area (Å²) in [5.41, 5.74) is 2.38. The van der Waals surface area contributed by atoms with E-state index in [1.807, 2.05) is 5.38 Å². The van der Waals surface area contributed by atoms with Gasteiger partial charge in [0.1, 0.15) is 0 Å². The Morgan fingerprint density at radius 1 is 1.00 bits per heavy atom. The van der Waals surface area contributed by atoms with Gasteiger partial charge in [0.05, 0.1) is 10.6 Å². The van der Waals surface area contributed by atoms with Crippen molar-refractivity contribution in [3.05, 3.63) is 57.9 Å². The van der Waals surface area contributed by atoms with Gasteiger partial charge in [-0.1, -0.05) is 35.3 Å².